The molecule has 1 heterocycles. The van der Waals surface area contributed by atoms with Crippen molar-refractivity contribution in [3.05, 3.63) is 58.9 Å². The molecule has 0 N–H and O–H groups in total. The number of hydrogen-bond acceptors (Lipinski definition) is 2. The molecule has 17 heavy (non-hydrogen) atoms. The number of alkyl halides is 1. The maximum absolute atomic E-state index is 6.09. The number of benzene rings is 1. The number of aromatic nitrogens is 1. The second-order valence-electron chi connectivity index (χ2n) is 3.46. The van der Waals surface area contributed by atoms with Gasteiger partial charge in [0.15, 0.2) is 0 Å². The highest BCUT2D eigenvalue weighted by atomic mass is 79.9. The van der Waals surface area contributed by atoms with Crippen LogP contribution in [0, 0.1) is 0 Å². The quantitative estimate of drug-likeness (QED) is 0.789. The van der Waals surface area contributed by atoms with Gasteiger partial charge in [-0.25, -0.2) is 0 Å². The Hall–Kier alpha value is -1.06. The molecular weight excluding hydrogens is 302 g/mol. The minimum atomic E-state index is 0.446. The summed E-state index contributed by atoms with van der Waals surface area (Å²) in [6.07, 6.45) is 1.75. The van der Waals surface area contributed by atoms with Gasteiger partial charge in [0.25, 0.3) is 0 Å². The zero-order chi connectivity index (χ0) is 12.1. The van der Waals surface area contributed by atoms with Gasteiger partial charge in [-0.2, -0.15) is 0 Å². The summed E-state index contributed by atoms with van der Waals surface area (Å²) in [4.78, 5) is 4.20. The Balaban J connectivity index is 2.12. The average molecular weight is 313 g/mol. The van der Waals surface area contributed by atoms with Gasteiger partial charge in [-0.1, -0.05) is 39.7 Å². The van der Waals surface area contributed by atoms with Crippen molar-refractivity contribution >= 4 is 27.5 Å². The first-order valence-corrected chi connectivity index (χ1v) is 6.67. The molecule has 88 valence electrons. The third-order valence-electron chi connectivity index (χ3n) is 2.31. The molecule has 0 spiro atoms. The summed E-state index contributed by atoms with van der Waals surface area (Å²) in [5.74, 6) is 0.792. The van der Waals surface area contributed by atoms with Crippen LogP contribution in [-0.4, -0.2) is 4.98 Å². The summed E-state index contributed by atoms with van der Waals surface area (Å²) in [6, 6.07) is 11.4. The molecule has 1 aromatic heterocycles. The van der Waals surface area contributed by atoms with Crippen molar-refractivity contribution in [2.45, 2.75) is 11.9 Å². The molecule has 0 aliphatic rings. The summed E-state index contributed by atoms with van der Waals surface area (Å²) < 4.78 is 5.72. The molecule has 0 fully saturated rings. The zero-order valence-corrected chi connectivity index (χ0v) is 11.4. The molecule has 0 unspecified atom stereocenters. The van der Waals surface area contributed by atoms with Gasteiger partial charge in [-0.3, -0.25) is 4.98 Å². The van der Waals surface area contributed by atoms with Crippen LogP contribution in [0.4, 0.5) is 0 Å². The molecule has 2 aromatic rings. The van der Waals surface area contributed by atoms with E-state index in [0.717, 1.165) is 17.0 Å². The normalized spacial score (nSPS) is 10.2. The van der Waals surface area contributed by atoms with E-state index in [1.165, 1.54) is 0 Å². The Kier molecular flexibility index (Phi) is 4.40. The highest BCUT2D eigenvalue weighted by molar-refractivity contribution is 9.08. The first-order valence-electron chi connectivity index (χ1n) is 5.17. The molecule has 0 bridgehead atoms. The van der Waals surface area contributed by atoms with E-state index in [2.05, 4.69) is 20.9 Å². The minimum Gasteiger partial charge on any atom is -0.487 e. The highest BCUT2D eigenvalue weighted by Crippen LogP contribution is 2.28. The summed E-state index contributed by atoms with van der Waals surface area (Å²) in [7, 11) is 0. The zero-order valence-electron chi connectivity index (χ0n) is 9.07. The molecule has 0 aliphatic carbocycles. The molecular formula is C13H11BrClNO. The lowest BCUT2D eigenvalue weighted by Crippen LogP contribution is -1.99. The molecule has 1 aromatic carbocycles. The predicted molar refractivity (Wildman–Crippen MR) is 72.7 cm³/mol. The van der Waals surface area contributed by atoms with Gasteiger partial charge < -0.3 is 4.74 Å². The fourth-order valence-electron chi connectivity index (χ4n) is 1.44. The second-order valence-corrected chi connectivity index (χ2v) is 4.43. The standard InChI is InChI=1S/C13H11BrClNO/c14-8-11-12(15)5-3-6-13(11)17-9-10-4-1-2-7-16-10/h1-7H,8-9H2. The van der Waals surface area contributed by atoms with Gasteiger partial charge in [0, 0.05) is 22.1 Å². The lowest BCUT2D eigenvalue weighted by atomic mass is 10.2. The summed E-state index contributed by atoms with van der Waals surface area (Å²) >= 11 is 9.49. The summed E-state index contributed by atoms with van der Waals surface area (Å²) in [5.41, 5.74) is 1.86. The highest BCUT2D eigenvalue weighted by Gasteiger charge is 2.07. The van der Waals surface area contributed by atoms with E-state index in [9.17, 15) is 0 Å². The fourth-order valence-corrected chi connectivity index (χ4v) is 2.41. The summed E-state index contributed by atoms with van der Waals surface area (Å²) in [5, 5.41) is 1.38. The number of hydrogen-bond donors (Lipinski definition) is 0. The Morgan fingerprint density at radius 3 is 2.76 bits per heavy atom. The van der Waals surface area contributed by atoms with E-state index in [4.69, 9.17) is 16.3 Å². The van der Waals surface area contributed by atoms with Crippen LogP contribution in [0.2, 0.25) is 5.02 Å². The maximum atomic E-state index is 6.09. The van der Waals surface area contributed by atoms with Gasteiger partial charge >= 0.3 is 0 Å². The first-order chi connectivity index (χ1) is 8.31. The molecule has 4 heteroatoms. The van der Waals surface area contributed by atoms with Crippen LogP contribution in [0.1, 0.15) is 11.3 Å². The van der Waals surface area contributed by atoms with Crippen LogP contribution in [-0.2, 0) is 11.9 Å². The van der Waals surface area contributed by atoms with Crippen LogP contribution in [0.3, 0.4) is 0 Å². The number of ether oxygens (including phenoxy) is 1. The van der Waals surface area contributed by atoms with Gasteiger partial charge in [-0.05, 0) is 24.3 Å². The van der Waals surface area contributed by atoms with Crippen LogP contribution in [0.25, 0.3) is 0 Å². The van der Waals surface area contributed by atoms with Crippen LogP contribution >= 0.6 is 27.5 Å². The van der Waals surface area contributed by atoms with Crippen molar-refractivity contribution in [3.8, 4) is 5.75 Å². The maximum Gasteiger partial charge on any atom is 0.130 e. The topological polar surface area (TPSA) is 22.1 Å². The first kappa shape index (κ1) is 12.4. The lowest BCUT2D eigenvalue weighted by Gasteiger charge is -2.10. The number of pyridine rings is 1. The van der Waals surface area contributed by atoms with Crippen molar-refractivity contribution in [2.24, 2.45) is 0 Å². The van der Waals surface area contributed by atoms with Crippen LogP contribution in [0.5, 0.6) is 5.75 Å². The lowest BCUT2D eigenvalue weighted by molar-refractivity contribution is 0.299. The largest absolute Gasteiger partial charge is 0.487 e. The number of rotatable bonds is 4. The smallest absolute Gasteiger partial charge is 0.130 e. The van der Waals surface area contributed by atoms with Crippen molar-refractivity contribution in [1.82, 2.24) is 4.98 Å². The Morgan fingerprint density at radius 1 is 1.18 bits per heavy atom. The van der Waals surface area contributed by atoms with E-state index in [0.29, 0.717) is 17.0 Å². The predicted octanol–water partition coefficient (Wildman–Crippen LogP) is 4.21. The van der Waals surface area contributed by atoms with E-state index in [-0.39, 0.29) is 0 Å². The van der Waals surface area contributed by atoms with Gasteiger partial charge in [0.1, 0.15) is 12.4 Å². The molecule has 0 saturated carbocycles. The fraction of sp³-hybridized carbons (Fsp3) is 0.154. The Labute approximate surface area is 114 Å². The van der Waals surface area contributed by atoms with Crippen molar-refractivity contribution in [2.75, 3.05) is 0 Å². The second kappa shape index (κ2) is 6.03. The molecule has 0 radical (unpaired) electrons. The van der Waals surface area contributed by atoms with Gasteiger partial charge in [-0.15, -0.1) is 0 Å². The van der Waals surface area contributed by atoms with E-state index in [1.807, 2.05) is 36.4 Å². The van der Waals surface area contributed by atoms with E-state index < -0.39 is 0 Å². The van der Waals surface area contributed by atoms with Gasteiger partial charge in [0.05, 0.1) is 5.69 Å². The van der Waals surface area contributed by atoms with Crippen molar-refractivity contribution in [1.29, 1.82) is 0 Å². The van der Waals surface area contributed by atoms with Crippen LogP contribution in [0.15, 0.2) is 42.6 Å². The third kappa shape index (κ3) is 3.20. The van der Waals surface area contributed by atoms with E-state index in [1.54, 1.807) is 6.20 Å². The Bertz CT molecular complexity index is 490. The SMILES string of the molecule is Clc1cccc(OCc2ccccn2)c1CBr. The number of halogens is 2. The van der Waals surface area contributed by atoms with Crippen molar-refractivity contribution in [3.63, 3.8) is 0 Å². The molecule has 2 rings (SSSR count). The molecule has 2 nitrogen and oxygen atoms in total. The monoisotopic (exact) mass is 311 g/mol. The third-order valence-corrected chi connectivity index (χ3v) is 3.23. The molecule has 0 atom stereocenters. The minimum absolute atomic E-state index is 0.446. The van der Waals surface area contributed by atoms with Crippen LogP contribution < -0.4 is 4.74 Å². The molecule has 0 saturated heterocycles. The number of nitrogens with zero attached hydrogens (tertiary/aromatic N) is 1. The average Bonchev–Trinajstić information content (AvgIpc) is 2.37. The van der Waals surface area contributed by atoms with E-state index >= 15 is 0 Å². The van der Waals surface area contributed by atoms with Crippen molar-refractivity contribution < 1.29 is 4.74 Å². The molecule has 0 aliphatic heterocycles. The Morgan fingerprint density at radius 2 is 2.06 bits per heavy atom. The summed E-state index contributed by atoms with van der Waals surface area (Å²) in [6.45, 7) is 0.446. The molecule has 0 amide bonds. The van der Waals surface area contributed by atoms with Gasteiger partial charge in [0.2, 0.25) is 0 Å².